The van der Waals surface area contributed by atoms with Crippen LogP contribution >= 0.6 is 0 Å². The zero-order chi connectivity index (χ0) is 18.9. The third-order valence-electron chi connectivity index (χ3n) is 4.83. The first-order chi connectivity index (χ1) is 12.5. The molecule has 8 heteroatoms. The molecule has 0 aromatic rings. The topological polar surface area (TPSA) is 82.2 Å². The van der Waals surface area contributed by atoms with E-state index in [1.807, 2.05) is 4.90 Å². The lowest BCUT2D eigenvalue weighted by atomic mass is 10.1. The van der Waals surface area contributed by atoms with E-state index in [2.05, 4.69) is 24.1 Å². The molecular formula is C18H32N4O4. The van der Waals surface area contributed by atoms with Crippen LogP contribution in [0.2, 0.25) is 0 Å². The minimum Gasteiger partial charge on any atom is -0.379 e. The lowest BCUT2D eigenvalue weighted by molar-refractivity contribution is -0.140. The van der Waals surface area contributed by atoms with E-state index in [4.69, 9.17) is 4.74 Å². The Bertz CT molecular complexity index is 484. The maximum atomic E-state index is 12.4. The molecule has 2 fully saturated rings. The SMILES string of the molecule is CC(C)CCC(=O)NCC(=O)N1CCN(C(=O)CN2CCOCC2)CC1. The van der Waals surface area contributed by atoms with Crippen LogP contribution in [0, 0.1) is 5.92 Å². The highest BCUT2D eigenvalue weighted by molar-refractivity contribution is 5.85. The monoisotopic (exact) mass is 368 g/mol. The van der Waals surface area contributed by atoms with Gasteiger partial charge >= 0.3 is 0 Å². The average molecular weight is 368 g/mol. The third-order valence-corrected chi connectivity index (χ3v) is 4.83. The van der Waals surface area contributed by atoms with Gasteiger partial charge in [0, 0.05) is 45.7 Å². The minimum absolute atomic E-state index is 0.0403. The molecule has 0 aromatic heterocycles. The number of nitrogens with zero attached hydrogens (tertiary/aromatic N) is 3. The molecular weight excluding hydrogens is 336 g/mol. The number of ether oxygens (including phenoxy) is 1. The first kappa shape index (κ1) is 20.6. The number of amides is 3. The van der Waals surface area contributed by atoms with E-state index in [0.717, 1.165) is 19.5 Å². The van der Waals surface area contributed by atoms with Crippen molar-refractivity contribution in [3.8, 4) is 0 Å². The number of carbonyl (C=O) groups is 3. The molecule has 1 N–H and O–H groups in total. The van der Waals surface area contributed by atoms with Gasteiger partial charge in [0.2, 0.25) is 17.7 Å². The third kappa shape index (κ3) is 6.92. The highest BCUT2D eigenvalue weighted by Gasteiger charge is 2.25. The van der Waals surface area contributed by atoms with Crippen molar-refractivity contribution in [2.75, 3.05) is 65.6 Å². The second-order valence-electron chi connectivity index (χ2n) is 7.36. The number of hydrogen-bond acceptors (Lipinski definition) is 5. The van der Waals surface area contributed by atoms with E-state index < -0.39 is 0 Å². The van der Waals surface area contributed by atoms with E-state index >= 15 is 0 Å². The smallest absolute Gasteiger partial charge is 0.242 e. The van der Waals surface area contributed by atoms with E-state index in [9.17, 15) is 14.4 Å². The Morgan fingerprint density at radius 3 is 2.08 bits per heavy atom. The van der Waals surface area contributed by atoms with Crippen molar-refractivity contribution in [2.45, 2.75) is 26.7 Å². The predicted octanol–water partition coefficient (Wildman–Crippen LogP) is -0.458. The van der Waals surface area contributed by atoms with E-state index in [1.165, 1.54) is 0 Å². The Hall–Kier alpha value is -1.67. The fourth-order valence-electron chi connectivity index (χ4n) is 3.05. The average Bonchev–Trinajstić information content (AvgIpc) is 2.65. The summed E-state index contributed by atoms with van der Waals surface area (Å²) in [5.74, 6) is 0.426. The van der Waals surface area contributed by atoms with Crippen LogP contribution in [0.25, 0.3) is 0 Å². The molecule has 2 heterocycles. The highest BCUT2D eigenvalue weighted by atomic mass is 16.5. The van der Waals surface area contributed by atoms with Crippen LogP contribution in [-0.2, 0) is 19.1 Å². The zero-order valence-electron chi connectivity index (χ0n) is 16.0. The molecule has 0 atom stereocenters. The molecule has 2 saturated heterocycles. The second-order valence-corrected chi connectivity index (χ2v) is 7.36. The Morgan fingerprint density at radius 1 is 0.923 bits per heavy atom. The van der Waals surface area contributed by atoms with Gasteiger partial charge in [-0.3, -0.25) is 19.3 Å². The quantitative estimate of drug-likeness (QED) is 0.658. The molecule has 0 spiro atoms. The number of rotatable bonds is 7. The Balaban J connectivity index is 1.64. The van der Waals surface area contributed by atoms with Crippen LogP contribution in [0.15, 0.2) is 0 Å². The summed E-state index contributed by atoms with van der Waals surface area (Å²) in [7, 11) is 0. The van der Waals surface area contributed by atoms with Gasteiger partial charge in [-0.1, -0.05) is 13.8 Å². The Morgan fingerprint density at radius 2 is 1.50 bits per heavy atom. The summed E-state index contributed by atoms with van der Waals surface area (Å²) < 4.78 is 5.29. The van der Waals surface area contributed by atoms with Gasteiger partial charge in [-0.15, -0.1) is 0 Å². The summed E-state index contributed by atoms with van der Waals surface area (Å²) in [5, 5.41) is 2.69. The summed E-state index contributed by atoms with van der Waals surface area (Å²) in [6, 6.07) is 0. The molecule has 2 aliphatic heterocycles. The zero-order valence-corrected chi connectivity index (χ0v) is 16.0. The molecule has 0 saturated carbocycles. The molecule has 0 bridgehead atoms. The van der Waals surface area contributed by atoms with Crippen LogP contribution in [0.4, 0.5) is 0 Å². The standard InChI is InChI=1S/C18H32N4O4/c1-15(2)3-4-16(23)19-13-17(24)21-5-7-22(8-6-21)18(25)14-20-9-11-26-12-10-20/h15H,3-14H2,1-2H3,(H,19,23). The summed E-state index contributed by atoms with van der Waals surface area (Å²) in [6.07, 6.45) is 1.28. The molecule has 2 aliphatic rings. The van der Waals surface area contributed by atoms with Crippen molar-refractivity contribution < 1.29 is 19.1 Å². The maximum Gasteiger partial charge on any atom is 0.242 e. The fourth-order valence-corrected chi connectivity index (χ4v) is 3.05. The van der Waals surface area contributed by atoms with Gasteiger partial charge in [-0.2, -0.15) is 0 Å². The number of nitrogens with one attached hydrogen (secondary N) is 1. The summed E-state index contributed by atoms with van der Waals surface area (Å²) in [6.45, 7) is 9.69. The number of morpholine rings is 1. The maximum absolute atomic E-state index is 12.4. The first-order valence-electron chi connectivity index (χ1n) is 9.58. The lowest BCUT2D eigenvalue weighted by Gasteiger charge is -2.36. The Labute approximate surface area is 155 Å². The van der Waals surface area contributed by atoms with E-state index in [0.29, 0.717) is 58.3 Å². The number of piperazine rings is 1. The van der Waals surface area contributed by atoms with Crippen molar-refractivity contribution in [3.05, 3.63) is 0 Å². The lowest BCUT2D eigenvalue weighted by Crippen LogP contribution is -2.54. The van der Waals surface area contributed by atoms with E-state index in [1.54, 1.807) is 4.90 Å². The number of carbonyl (C=O) groups excluding carboxylic acids is 3. The molecule has 0 radical (unpaired) electrons. The molecule has 2 rings (SSSR count). The minimum atomic E-state index is -0.0804. The van der Waals surface area contributed by atoms with Crippen LogP contribution in [-0.4, -0.2) is 98.0 Å². The first-order valence-corrected chi connectivity index (χ1v) is 9.58. The Kier molecular flexibility index (Phi) is 8.31. The van der Waals surface area contributed by atoms with Crippen molar-refractivity contribution in [3.63, 3.8) is 0 Å². The van der Waals surface area contributed by atoms with Gasteiger partial charge in [-0.25, -0.2) is 0 Å². The van der Waals surface area contributed by atoms with Crippen molar-refractivity contribution in [1.82, 2.24) is 20.0 Å². The van der Waals surface area contributed by atoms with Crippen molar-refractivity contribution in [1.29, 1.82) is 0 Å². The molecule has 0 aliphatic carbocycles. The largest absolute Gasteiger partial charge is 0.379 e. The summed E-state index contributed by atoms with van der Waals surface area (Å²) >= 11 is 0. The fraction of sp³-hybridized carbons (Fsp3) is 0.833. The number of hydrogen-bond donors (Lipinski definition) is 1. The highest BCUT2D eigenvalue weighted by Crippen LogP contribution is 2.06. The summed E-state index contributed by atoms with van der Waals surface area (Å²) in [5.41, 5.74) is 0. The van der Waals surface area contributed by atoms with Crippen molar-refractivity contribution >= 4 is 17.7 Å². The van der Waals surface area contributed by atoms with Gasteiger partial charge in [0.1, 0.15) is 0 Å². The van der Waals surface area contributed by atoms with Crippen LogP contribution < -0.4 is 5.32 Å². The molecule has 8 nitrogen and oxygen atoms in total. The van der Waals surface area contributed by atoms with Gasteiger partial charge < -0.3 is 19.9 Å². The molecule has 0 unspecified atom stereocenters. The molecule has 3 amide bonds. The summed E-state index contributed by atoms with van der Waals surface area (Å²) in [4.78, 5) is 42.0. The van der Waals surface area contributed by atoms with Crippen LogP contribution in [0.5, 0.6) is 0 Å². The normalized spacial score (nSPS) is 18.9. The van der Waals surface area contributed by atoms with E-state index in [-0.39, 0.29) is 24.3 Å². The van der Waals surface area contributed by atoms with Crippen LogP contribution in [0.3, 0.4) is 0 Å². The molecule has 148 valence electrons. The van der Waals surface area contributed by atoms with Gasteiger partial charge in [0.15, 0.2) is 0 Å². The molecule has 0 aromatic carbocycles. The van der Waals surface area contributed by atoms with Gasteiger partial charge in [-0.05, 0) is 12.3 Å². The second kappa shape index (κ2) is 10.5. The van der Waals surface area contributed by atoms with Gasteiger partial charge in [0.25, 0.3) is 0 Å². The van der Waals surface area contributed by atoms with Crippen LogP contribution in [0.1, 0.15) is 26.7 Å². The van der Waals surface area contributed by atoms with Gasteiger partial charge in [0.05, 0.1) is 26.3 Å². The van der Waals surface area contributed by atoms with Crippen molar-refractivity contribution in [2.24, 2.45) is 5.92 Å². The molecule has 26 heavy (non-hydrogen) atoms. The predicted molar refractivity (Wildman–Crippen MR) is 97.5 cm³/mol.